The second-order valence-electron chi connectivity index (χ2n) is 6.55. The van der Waals surface area contributed by atoms with E-state index in [0.29, 0.717) is 36.3 Å². The van der Waals surface area contributed by atoms with Crippen molar-refractivity contribution < 1.29 is 17.7 Å². The summed E-state index contributed by atoms with van der Waals surface area (Å²) in [6.45, 7) is 5.21. The Morgan fingerprint density at radius 3 is 2.73 bits per heavy atom. The molecule has 0 unspecified atom stereocenters. The first-order chi connectivity index (χ1) is 12.4. The van der Waals surface area contributed by atoms with Gasteiger partial charge in [-0.3, -0.25) is 4.79 Å². The predicted molar refractivity (Wildman–Crippen MR) is 97.0 cm³/mol. The Morgan fingerprint density at radius 1 is 1.27 bits per heavy atom. The molecule has 1 N–H and O–H groups in total. The fraction of sp³-hybridized carbons (Fsp3) is 0.444. The Kier molecular flexibility index (Phi) is 5.43. The Labute approximate surface area is 153 Å². The highest BCUT2D eigenvalue weighted by molar-refractivity contribution is 7.89. The molecule has 26 heavy (non-hydrogen) atoms. The van der Waals surface area contributed by atoms with Gasteiger partial charge >= 0.3 is 0 Å². The number of nitrogens with zero attached hydrogens (tertiary/aromatic N) is 2. The molecule has 1 aromatic heterocycles. The minimum absolute atomic E-state index is 0.152. The molecular formula is C18H23N3O4S. The summed E-state index contributed by atoms with van der Waals surface area (Å²) in [6.07, 6.45) is 2.07. The monoisotopic (exact) mass is 377 g/mol. The van der Waals surface area contributed by atoms with E-state index in [1.165, 1.54) is 0 Å². The van der Waals surface area contributed by atoms with Crippen LogP contribution in [0.25, 0.3) is 11.3 Å². The first-order valence-corrected chi connectivity index (χ1v) is 10.2. The van der Waals surface area contributed by atoms with Crippen LogP contribution in [0.2, 0.25) is 0 Å². The fourth-order valence-corrected chi connectivity index (χ4v) is 4.38. The lowest BCUT2D eigenvalue weighted by Gasteiger charge is -2.15. The van der Waals surface area contributed by atoms with Gasteiger partial charge < -0.3 is 9.42 Å². The third-order valence-electron chi connectivity index (χ3n) is 4.46. The van der Waals surface area contributed by atoms with Crippen molar-refractivity contribution in [1.82, 2.24) is 14.8 Å². The molecule has 2 heterocycles. The van der Waals surface area contributed by atoms with Crippen LogP contribution in [0.1, 0.15) is 30.5 Å². The zero-order chi connectivity index (χ0) is 18.7. The van der Waals surface area contributed by atoms with Crippen LogP contribution < -0.4 is 4.72 Å². The van der Waals surface area contributed by atoms with E-state index in [2.05, 4.69) is 9.88 Å². The maximum absolute atomic E-state index is 12.7. The van der Waals surface area contributed by atoms with Crippen molar-refractivity contribution >= 4 is 15.9 Å². The van der Waals surface area contributed by atoms with E-state index in [4.69, 9.17) is 4.52 Å². The molecule has 140 valence electrons. The predicted octanol–water partition coefficient (Wildman–Crippen LogP) is 2.25. The number of carbonyl (C=O) groups excluding carboxylic acids is 1. The highest BCUT2D eigenvalue weighted by Crippen LogP contribution is 2.25. The van der Waals surface area contributed by atoms with Crippen LogP contribution in [-0.2, 0) is 14.8 Å². The first kappa shape index (κ1) is 18.6. The average Bonchev–Trinajstić information content (AvgIpc) is 3.20. The van der Waals surface area contributed by atoms with Crippen molar-refractivity contribution in [2.24, 2.45) is 0 Å². The molecule has 0 radical (unpaired) electrons. The molecule has 3 rings (SSSR count). The van der Waals surface area contributed by atoms with Crippen molar-refractivity contribution in [3.63, 3.8) is 0 Å². The summed E-state index contributed by atoms with van der Waals surface area (Å²) in [5, 5.41) is 3.84. The summed E-state index contributed by atoms with van der Waals surface area (Å²) in [5.74, 6) is 0.685. The summed E-state index contributed by atoms with van der Waals surface area (Å²) in [7, 11) is -3.64. The Balaban J connectivity index is 1.67. The van der Waals surface area contributed by atoms with Crippen molar-refractivity contribution in [2.75, 3.05) is 19.6 Å². The maximum Gasteiger partial charge on any atom is 0.240 e. The number of hydrogen-bond donors (Lipinski definition) is 1. The van der Waals surface area contributed by atoms with Crippen molar-refractivity contribution in [3.8, 4) is 11.3 Å². The fourth-order valence-electron chi connectivity index (χ4n) is 3.04. The molecule has 8 heteroatoms. The van der Waals surface area contributed by atoms with Gasteiger partial charge in [0, 0.05) is 37.7 Å². The van der Waals surface area contributed by atoms with E-state index in [-0.39, 0.29) is 17.3 Å². The number of likely N-dealkylation sites (tertiary alicyclic amines) is 1. The lowest BCUT2D eigenvalue weighted by Crippen LogP contribution is -2.31. The van der Waals surface area contributed by atoms with Gasteiger partial charge in [-0.2, -0.15) is 0 Å². The van der Waals surface area contributed by atoms with Crippen molar-refractivity contribution in [3.05, 3.63) is 35.5 Å². The van der Waals surface area contributed by atoms with E-state index in [1.807, 2.05) is 13.0 Å². The molecular weight excluding hydrogens is 354 g/mol. The maximum atomic E-state index is 12.7. The molecule has 1 aliphatic rings. The molecule has 0 spiro atoms. The molecule has 1 fully saturated rings. The molecule has 1 saturated heterocycles. The van der Waals surface area contributed by atoms with Crippen LogP contribution in [0.3, 0.4) is 0 Å². The van der Waals surface area contributed by atoms with Crippen molar-refractivity contribution in [2.45, 2.75) is 38.0 Å². The standard InChI is InChI=1S/C18H23N3O4S/c1-13-6-7-15(16-11-14(2)20-25-16)12-17(13)26(23,24)19-8-4-10-21-9-3-5-18(21)22/h6-7,11-12,19H,3-5,8-10H2,1-2H3. The SMILES string of the molecule is Cc1cc(-c2ccc(C)c(S(=O)(=O)NCCCN3CCCC3=O)c2)on1. The molecule has 7 nitrogen and oxygen atoms in total. The molecule has 0 atom stereocenters. The Morgan fingerprint density at radius 2 is 2.08 bits per heavy atom. The number of nitrogens with one attached hydrogen (secondary N) is 1. The summed E-state index contributed by atoms with van der Waals surface area (Å²) in [4.78, 5) is 13.6. The quantitative estimate of drug-likeness (QED) is 0.747. The smallest absolute Gasteiger partial charge is 0.240 e. The molecule has 1 aliphatic heterocycles. The van der Waals surface area contributed by atoms with Gasteiger partial charge in [-0.1, -0.05) is 17.3 Å². The number of sulfonamides is 1. The highest BCUT2D eigenvalue weighted by Gasteiger charge is 2.21. The van der Waals surface area contributed by atoms with Crippen LogP contribution >= 0.6 is 0 Å². The third-order valence-corrected chi connectivity index (χ3v) is 6.06. The molecule has 0 bridgehead atoms. The van der Waals surface area contributed by atoms with Gasteiger partial charge in [0.15, 0.2) is 5.76 Å². The summed E-state index contributed by atoms with van der Waals surface area (Å²) in [5.41, 5.74) is 2.06. The Bertz CT molecular complexity index is 905. The van der Waals surface area contributed by atoms with Gasteiger partial charge in [-0.05, 0) is 38.3 Å². The summed E-state index contributed by atoms with van der Waals surface area (Å²) in [6, 6.07) is 6.93. The number of carbonyl (C=O) groups is 1. The normalized spacial score (nSPS) is 15.0. The largest absolute Gasteiger partial charge is 0.356 e. The molecule has 2 aromatic rings. The second kappa shape index (κ2) is 7.59. The lowest BCUT2D eigenvalue weighted by atomic mass is 10.1. The van der Waals surface area contributed by atoms with E-state index in [1.54, 1.807) is 30.0 Å². The Hall–Kier alpha value is -2.19. The lowest BCUT2D eigenvalue weighted by molar-refractivity contribution is -0.127. The van der Waals surface area contributed by atoms with E-state index in [9.17, 15) is 13.2 Å². The summed E-state index contributed by atoms with van der Waals surface area (Å²) >= 11 is 0. The van der Waals surface area contributed by atoms with Gasteiger partial charge in [-0.15, -0.1) is 0 Å². The number of amides is 1. The van der Waals surface area contributed by atoms with Crippen LogP contribution in [0, 0.1) is 13.8 Å². The minimum atomic E-state index is -3.64. The number of aryl methyl sites for hydroxylation is 2. The molecule has 1 aromatic carbocycles. The van der Waals surface area contributed by atoms with Crippen LogP contribution in [0.5, 0.6) is 0 Å². The minimum Gasteiger partial charge on any atom is -0.356 e. The zero-order valence-corrected chi connectivity index (χ0v) is 15.8. The third kappa shape index (κ3) is 4.13. The van der Waals surface area contributed by atoms with Crippen LogP contribution in [0.4, 0.5) is 0 Å². The van der Waals surface area contributed by atoms with E-state index in [0.717, 1.165) is 18.7 Å². The molecule has 1 amide bonds. The van der Waals surface area contributed by atoms with Gasteiger partial charge in [-0.25, -0.2) is 13.1 Å². The summed E-state index contributed by atoms with van der Waals surface area (Å²) < 4.78 is 33.2. The van der Waals surface area contributed by atoms with Gasteiger partial charge in [0.05, 0.1) is 10.6 Å². The van der Waals surface area contributed by atoms with Gasteiger partial charge in [0.1, 0.15) is 0 Å². The number of aromatic nitrogens is 1. The van der Waals surface area contributed by atoms with Gasteiger partial charge in [0.25, 0.3) is 0 Å². The van der Waals surface area contributed by atoms with Crippen LogP contribution in [-0.4, -0.2) is 44.0 Å². The van der Waals surface area contributed by atoms with E-state index < -0.39 is 10.0 Å². The highest BCUT2D eigenvalue weighted by atomic mass is 32.2. The van der Waals surface area contributed by atoms with Gasteiger partial charge in [0.2, 0.25) is 15.9 Å². The van der Waals surface area contributed by atoms with Crippen LogP contribution in [0.15, 0.2) is 33.7 Å². The number of hydrogen-bond acceptors (Lipinski definition) is 5. The number of rotatable bonds is 7. The second-order valence-corrected chi connectivity index (χ2v) is 8.28. The average molecular weight is 377 g/mol. The molecule has 0 saturated carbocycles. The van der Waals surface area contributed by atoms with Crippen molar-refractivity contribution in [1.29, 1.82) is 0 Å². The topological polar surface area (TPSA) is 92.5 Å². The first-order valence-electron chi connectivity index (χ1n) is 8.68. The molecule has 0 aliphatic carbocycles. The zero-order valence-electron chi connectivity index (χ0n) is 15.0. The number of benzene rings is 1. The van der Waals surface area contributed by atoms with E-state index >= 15 is 0 Å².